The lowest BCUT2D eigenvalue weighted by Crippen LogP contribution is -2.44. The van der Waals surface area contributed by atoms with Gasteiger partial charge in [0, 0.05) is 18.1 Å². The molecule has 2 aromatic rings. The lowest BCUT2D eigenvalue weighted by molar-refractivity contribution is 0.0371. The van der Waals surface area contributed by atoms with Gasteiger partial charge in [0.1, 0.15) is 11.5 Å². The van der Waals surface area contributed by atoms with Crippen molar-refractivity contribution < 1.29 is 10.2 Å². The number of rotatable bonds is 6. The molecule has 2 unspecified atom stereocenters. The van der Waals surface area contributed by atoms with Gasteiger partial charge in [-0.25, -0.2) is 0 Å². The SMILES string of the molecule is CCC(CC(N)(O)Cc1[nH]nc2cc(C)cc(O)c12)SC. The molecule has 2 atom stereocenters. The minimum absolute atomic E-state index is 0.168. The van der Waals surface area contributed by atoms with Crippen LogP contribution in [0, 0.1) is 6.92 Å². The number of phenolic OH excluding ortho intramolecular Hbond substituents is 1. The molecule has 0 aliphatic carbocycles. The van der Waals surface area contributed by atoms with E-state index in [1.807, 2.05) is 19.2 Å². The number of nitrogens with two attached hydrogens (primary N) is 1. The summed E-state index contributed by atoms with van der Waals surface area (Å²) >= 11 is 1.70. The predicted octanol–water partition coefficient (Wildman–Crippen LogP) is 2.30. The average molecular weight is 309 g/mol. The van der Waals surface area contributed by atoms with Gasteiger partial charge in [-0.3, -0.25) is 5.10 Å². The van der Waals surface area contributed by atoms with E-state index in [1.165, 1.54) is 0 Å². The number of aliphatic hydroxyl groups is 1. The summed E-state index contributed by atoms with van der Waals surface area (Å²) in [7, 11) is 0. The Balaban J connectivity index is 2.27. The fourth-order valence-electron chi connectivity index (χ4n) is 2.62. The van der Waals surface area contributed by atoms with Gasteiger partial charge in [-0.1, -0.05) is 6.92 Å². The lowest BCUT2D eigenvalue weighted by Gasteiger charge is -2.26. The van der Waals surface area contributed by atoms with Crippen molar-refractivity contribution in [3.05, 3.63) is 23.4 Å². The summed E-state index contributed by atoms with van der Waals surface area (Å²) < 4.78 is 0. The van der Waals surface area contributed by atoms with Crippen LogP contribution in [-0.2, 0) is 6.42 Å². The average Bonchev–Trinajstić information content (AvgIpc) is 2.78. The van der Waals surface area contributed by atoms with E-state index in [2.05, 4.69) is 17.1 Å². The number of aromatic nitrogens is 2. The van der Waals surface area contributed by atoms with Crippen LogP contribution in [0.5, 0.6) is 5.75 Å². The Kier molecular flexibility index (Phi) is 4.81. The first-order chi connectivity index (χ1) is 9.86. The van der Waals surface area contributed by atoms with Crippen LogP contribution in [0.2, 0.25) is 0 Å². The van der Waals surface area contributed by atoms with Crippen LogP contribution < -0.4 is 5.73 Å². The standard InChI is InChI=1S/C15H23N3O2S/c1-4-10(21-3)7-15(16,20)8-12-14-11(17-18-12)5-9(2)6-13(14)19/h5-6,10,19-20H,4,7-8,16H2,1-3H3,(H,17,18). The number of benzene rings is 1. The van der Waals surface area contributed by atoms with E-state index < -0.39 is 5.72 Å². The number of hydrogen-bond donors (Lipinski definition) is 4. The Bertz CT molecular complexity index is 621. The van der Waals surface area contributed by atoms with Gasteiger partial charge in [-0.15, -0.1) is 0 Å². The van der Waals surface area contributed by atoms with Gasteiger partial charge < -0.3 is 15.9 Å². The quantitative estimate of drug-likeness (QED) is 0.614. The maximum absolute atomic E-state index is 10.5. The van der Waals surface area contributed by atoms with Crippen LogP contribution in [0.15, 0.2) is 12.1 Å². The van der Waals surface area contributed by atoms with Crippen LogP contribution in [-0.4, -0.2) is 37.6 Å². The van der Waals surface area contributed by atoms with Crippen LogP contribution in [0.1, 0.15) is 31.0 Å². The van der Waals surface area contributed by atoms with Gasteiger partial charge in [0.25, 0.3) is 0 Å². The molecule has 0 aliphatic heterocycles. The minimum atomic E-state index is -1.32. The number of aromatic hydroxyl groups is 1. The third kappa shape index (κ3) is 3.70. The number of nitrogens with one attached hydrogen (secondary N) is 1. The molecular weight excluding hydrogens is 286 g/mol. The molecule has 5 N–H and O–H groups in total. The highest BCUT2D eigenvalue weighted by atomic mass is 32.2. The van der Waals surface area contributed by atoms with Crippen molar-refractivity contribution in [1.82, 2.24) is 10.2 Å². The third-order valence-corrected chi connectivity index (χ3v) is 4.87. The lowest BCUT2D eigenvalue weighted by atomic mass is 9.98. The molecule has 2 rings (SSSR count). The van der Waals surface area contributed by atoms with Crippen molar-refractivity contribution in [2.24, 2.45) is 5.73 Å². The van der Waals surface area contributed by atoms with Crippen LogP contribution in [0.4, 0.5) is 0 Å². The zero-order valence-corrected chi connectivity index (χ0v) is 13.5. The Morgan fingerprint density at radius 1 is 1.48 bits per heavy atom. The van der Waals surface area contributed by atoms with E-state index in [1.54, 1.807) is 17.8 Å². The van der Waals surface area contributed by atoms with Crippen molar-refractivity contribution in [3.8, 4) is 5.75 Å². The molecular formula is C15H23N3O2S. The second kappa shape index (κ2) is 6.25. The van der Waals surface area contributed by atoms with Gasteiger partial charge in [0.2, 0.25) is 0 Å². The van der Waals surface area contributed by atoms with Crippen LogP contribution in [0.3, 0.4) is 0 Å². The van der Waals surface area contributed by atoms with Crippen LogP contribution in [0.25, 0.3) is 10.9 Å². The molecule has 5 nitrogen and oxygen atoms in total. The normalized spacial score (nSPS) is 16.0. The van der Waals surface area contributed by atoms with Crippen molar-refractivity contribution in [2.75, 3.05) is 6.26 Å². The second-order valence-electron chi connectivity index (χ2n) is 5.63. The molecule has 0 radical (unpaired) electrons. The third-order valence-electron chi connectivity index (χ3n) is 3.71. The highest BCUT2D eigenvalue weighted by molar-refractivity contribution is 7.99. The Hall–Kier alpha value is -1.24. The number of nitrogens with zero attached hydrogens (tertiary/aromatic N) is 1. The first kappa shape index (κ1) is 16.1. The van der Waals surface area contributed by atoms with E-state index in [0.717, 1.165) is 12.0 Å². The number of aryl methyl sites for hydroxylation is 1. The number of thioether (sulfide) groups is 1. The summed E-state index contributed by atoms with van der Waals surface area (Å²) in [5.74, 6) is 0.168. The molecule has 116 valence electrons. The molecule has 21 heavy (non-hydrogen) atoms. The number of hydrogen-bond acceptors (Lipinski definition) is 5. The maximum Gasteiger partial charge on any atom is 0.127 e. The summed E-state index contributed by atoms with van der Waals surface area (Å²) in [5.41, 5.74) is 7.02. The number of aromatic amines is 1. The van der Waals surface area contributed by atoms with Crippen molar-refractivity contribution in [2.45, 2.75) is 44.1 Å². The van der Waals surface area contributed by atoms with E-state index >= 15 is 0 Å². The highest BCUT2D eigenvalue weighted by Crippen LogP contribution is 2.30. The Morgan fingerprint density at radius 2 is 2.19 bits per heavy atom. The van der Waals surface area contributed by atoms with E-state index in [9.17, 15) is 10.2 Å². The summed E-state index contributed by atoms with van der Waals surface area (Å²) in [5, 5.41) is 28.6. The Labute approximate surface area is 128 Å². The summed E-state index contributed by atoms with van der Waals surface area (Å²) in [6.07, 6.45) is 3.70. The van der Waals surface area contributed by atoms with E-state index in [-0.39, 0.29) is 12.2 Å². The Morgan fingerprint density at radius 3 is 2.81 bits per heavy atom. The molecule has 1 aromatic carbocycles. The molecule has 0 bridgehead atoms. The number of H-pyrrole nitrogens is 1. The van der Waals surface area contributed by atoms with Gasteiger partial charge >= 0.3 is 0 Å². The second-order valence-corrected chi connectivity index (χ2v) is 6.77. The molecule has 0 fully saturated rings. The molecule has 0 amide bonds. The monoisotopic (exact) mass is 309 g/mol. The molecule has 0 saturated heterocycles. The number of phenols is 1. The molecule has 6 heteroatoms. The minimum Gasteiger partial charge on any atom is -0.507 e. The zero-order chi connectivity index (χ0) is 15.6. The van der Waals surface area contributed by atoms with Gasteiger partial charge in [-0.2, -0.15) is 16.9 Å². The van der Waals surface area contributed by atoms with Crippen molar-refractivity contribution in [3.63, 3.8) is 0 Å². The summed E-state index contributed by atoms with van der Waals surface area (Å²) in [6, 6.07) is 3.58. The zero-order valence-electron chi connectivity index (χ0n) is 12.7. The molecule has 0 saturated carbocycles. The number of fused-ring (bicyclic) bond motifs is 1. The topological polar surface area (TPSA) is 95.2 Å². The molecule has 1 heterocycles. The van der Waals surface area contributed by atoms with Gasteiger partial charge in [0.05, 0.1) is 16.6 Å². The molecule has 0 spiro atoms. The smallest absolute Gasteiger partial charge is 0.127 e. The fourth-order valence-corrected chi connectivity index (χ4v) is 3.41. The first-order valence-corrected chi connectivity index (χ1v) is 8.35. The van der Waals surface area contributed by atoms with Crippen LogP contribution >= 0.6 is 11.8 Å². The van der Waals surface area contributed by atoms with Gasteiger partial charge in [-0.05, 0) is 37.3 Å². The fraction of sp³-hybridized carbons (Fsp3) is 0.533. The molecule has 0 aliphatic rings. The highest BCUT2D eigenvalue weighted by Gasteiger charge is 2.27. The molecule has 1 aromatic heterocycles. The summed E-state index contributed by atoms with van der Waals surface area (Å²) in [4.78, 5) is 0. The van der Waals surface area contributed by atoms with Crippen molar-refractivity contribution in [1.29, 1.82) is 0 Å². The largest absolute Gasteiger partial charge is 0.507 e. The van der Waals surface area contributed by atoms with E-state index in [4.69, 9.17) is 5.73 Å². The first-order valence-electron chi connectivity index (χ1n) is 7.07. The van der Waals surface area contributed by atoms with Crippen molar-refractivity contribution >= 4 is 22.7 Å². The van der Waals surface area contributed by atoms with E-state index in [0.29, 0.717) is 28.3 Å². The predicted molar refractivity (Wildman–Crippen MR) is 87.5 cm³/mol. The van der Waals surface area contributed by atoms with Gasteiger partial charge in [0.15, 0.2) is 0 Å². The maximum atomic E-state index is 10.5. The summed E-state index contributed by atoms with van der Waals surface area (Å²) in [6.45, 7) is 3.98.